The summed E-state index contributed by atoms with van der Waals surface area (Å²) in [6.07, 6.45) is 3.73. The summed E-state index contributed by atoms with van der Waals surface area (Å²) in [6.45, 7) is 13.8. The van der Waals surface area contributed by atoms with Gasteiger partial charge in [0.05, 0.1) is 11.2 Å². The number of fused-ring (bicyclic) bond motifs is 1. The van der Waals surface area contributed by atoms with Crippen LogP contribution in [0.3, 0.4) is 0 Å². The summed E-state index contributed by atoms with van der Waals surface area (Å²) in [7, 11) is 0. The van der Waals surface area contributed by atoms with Gasteiger partial charge in [0.15, 0.2) is 0 Å². The van der Waals surface area contributed by atoms with Gasteiger partial charge in [-0.25, -0.2) is 0 Å². The Morgan fingerprint density at radius 3 is 2.50 bits per heavy atom. The molecule has 2 aliphatic heterocycles. The van der Waals surface area contributed by atoms with Gasteiger partial charge in [0.2, 0.25) is 0 Å². The molecule has 0 unspecified atom stereocenters. The molecule has 2 aliphatic rings. The molecule has 0 radical (unpaired) electrons. The van der Waals surface area contributed by atoms with E-state index < -0.39 is 0 Å². The van der Waals surface area contributed by atoms with E-state index in [0.29, 0.717) is 6.04 Å². The molecule has 0 amide bonds. The van der Waals surface area contributed by atoms with E-state index in [1.165, 1.54) is 32.4 Å². The van der Waals surface area contributed by atoms with Gasteiger partial charge in [-0.05, 0) is 53.9 Å². The Balaban J connectivity index is 2.07. The van der Waals surface area contributed by atoms with Gasteiger partial charge in [-0.1, -0.05) is 0 Å². The lowest BCUT2D eigenvalue weighted by atomic mass is 9.74. The summed E-state index contributed by atoms with van der Waals surface area (Å²) in [4.78, 5) is 2.61. The number of ether oxygens (including phenoxy) is 1. The summed E-state index contributed by atoms with van der Waals surface area (Å²) in [6, 6.07) is 0.680. The van der Waals surface area contributed by atoms with Crippen molar-refractivity contribution in [2.75, 3.05) is 13.1 Å². The highest BCUT2D eigenvalue weighted by Gasteiger charge is 2.47. The summed E-state index contributed by atoms with van der Waals surface area (Å²) in [5.74, 6) is 0.733. The highest BCUT2D eigenvalue weighted by atomic mass is 16.5. The summed E-state index contributed by atoms with van der Waals surface area (Å²) >= 11 is 0. The van der Waals surface area contributed by atoms with Gasteiger partial charge in [-0.15, -0.1) is 0 Å². The molecule has 2 saturated heterocycles. The van der Waals surface area contributed by atoms with Crippen molar-refractivity contribution in [2.24, 2.45) is 5.92 Å². The van der Waals surface area contributed by atoms with Gasteiger partial charge >= 0.3 is 0 Å². The van der Waals surface area contributed by atoms with E-state index in [1.54, 1.807) is 0 Å². The lowest BCUT2D eigenvalue weighted by molar-refractivity contribution is -0.215. The second kappa shape index (κ2) is 3.99. The monoisotopic (exact) mass is 225 g/mol. The predicted octanol–water partition coefficient (Wildman–Crippen LogP) is 3.06. The van der Waals surface area contributed by atoms with Crippen LogP contribution < -0.4 is 0 Å². The van der Waals surface area contributed by atoms with Gasteiger partial charge in [0, 0.05) is 25.0 Å². The molecule has 0 N–H and O–H groups in total. The van der Waals surface area contributed by atoms with Crippen molar-refractivity contribution in [3.8, 4) is 0 Å². The zero-order valence-corrected chi connectivity index (χ0v) is 11.5. The highest BCUT2D eigenvalue weighted by molar-refractivity contribution is 4.98. The van der Waals surface area contributed by atoms with Crippen molar-refractivity contribution < 1.29 is 4.74 Å². The molecular weight excluding hydrogens is 198 g/mol. The topological polar surface area (TPSA) is 12.5 Å². The van der Waals surface area contributed by atoms with Crippen LogP contribution in [0.4, 0.5) is 0 Å². The number of rotatable bonds is 1. The molecule has 2 nitrogen and oxygen atoms in total. The van der Waals surface area contributed by atoms with Gasteiger partial charge in [-0.3, -0.25) is 0 Å². The molecule has 2 atom stereocenters. The van der Waals surface area contributed by atoms with Crippen LogP contribution in [0.2, 0.25) is 0 Å². The molecule has 0 spiro atoms. The first-order chi connectivity index (χ1) is 7.32. The maximum atomic E-state index is 6.37. The first-order valence-corrected chi connectivity index (χ1v) is 6.77. The number of hydrogen-bond acceptors (Lipinski definition) is 2. The summed E-state index contributed by atoms with van der Waals surface area (Å²) < 4.78 is 6.37. The number of piperidine rings is 1. The van der Waals surface area contributed by atoms with Crippen LogP contribution in [0, 0.1) is 5.92 Å². The molecule has 0 aliphatic carbocycles. The van der Waals surface area contributed by atoms with Crippen LogP contribution in [0.15, 0.2) is 0 Å². The number of likely N-dealkylation sites (tertiary alicyclic amines) is 1. The maximum absolute atomic E-state index is 6.37. The third kappa shape index (κ3) is 2.28. The molecule has 94 valence electrons. The third-order valence-electron chi connectivity index (χ3n) is 4.55. The Kier molecular flexibility index (Phi) is 3.09. The molecule has 0 saturated carbocycles. The van der Waals surface area contributed by atoms with Crippen LogP contribution in [0.25, 0.3) is 0 Å². The Morgan fingerprint density at radius 2 is 1.88 bits per heavy atom. The van der Waals surface area contributed by atoms with Crippen molar-refractivity contribution in [2.45, 2.75) is 71.1 Å². The number of nitrogens with zero attached hydrogens (tertiary/aromatic N) is 1. The van der Waals surface area contributed by atoms with Gasteiger partial charge < -0.3 is 9.64 Å². The smallest absolute Gasteiger partial charge is 0.0714 e. The van der Waals surface area contributed by atoms with Crippen LogP contribution in [0.1, 0.15) is 53.9 Å². The molecule has 2 fully saturated rings. The Morgan fingerprint density at radius 1 is 1.19 bits per heavy atom. The lowest BCUT2D eigenvalue weighted by Crippen LogP contribution is -2.58. The molecule has 0 bridgehead atoms. The first-order valence-electron chi connectivity index (χ1n) is 6.77. The average molecular weight is 225 g/mol. The fourth-order valence-electron chi connectivity index (χ4n) is 3.34. The molecule has 2 heteroatoms. The van der Waals surface area contributed by atoms with Crippen LogP contribution in [-0.2, 0) is 4.74 Å². The SMILES string of the molecule is CC(C)N1CC[C@@]2(C)OC(C)(C)CC[C@H]2C1. The summed E-state index contributed by atoms with van der Waals surface area (Å²) in [5, 5.41) is 0. The molecule has 16 heavy (non-hydrogen) atoms. The number of hydrogen-bond donors (Lipinski definition) is 0. The molecule has 2 rings (SSSR count). The lowest BCUT2D eigenvalue weighted by Gasteiger charge is -2.54. The maximum Gasteiger partial charge on any atom is 0.0714 e. The molecule has 0 aromatic heterocycles. The van der Waals surface area contributed by atoms with Gasteiger partial charge in [0.1, 0.15) is 0 Å². The normalized spacial score (nSPS) is 39.8. The van der Waals surface area contributed by atoms with E-state index >= 15 is 0 Å². The second-order valence-corrected chi connectivity index (χ2v) is 6.75. The van der Waals surface area contributed by atoms with Crippen molar-refractivity contribution in [1.29, 1.82) is 0 Å². The van der Waals surface area contributed by atoms with Crippen LogP contribution in [0.5, 0.6) is 0 Å². The van der Waals surface area contributed by atoms with Crippen molar-refractivity contribution in [1.82, 2.24) is 4.90 Å². The third-order valence-corrected chi connectivity index (χ3v) is 4.55. The molecule has 2 heterocycles. The zero-order chi connectivity index (χ0) is 12.0. The second-order valence-electron chi connectivity index (χ2n) is 6.75. The largest absolute Gasteiger partial charge is 0.369 e. The average Bonchev–Trinajstić information content (AvgIpc) is 2.14. The molecule has 0 aromatic carbocycles. The van der Waals surface area contributed by atoms with Gasteiger partial charge in [0.25, 0.3) is 0 Å². The molecule has 0 aromatic rings. The summed E-state index contributed by atoms with van der Waals surface area (Å²) in [5.41, 5.74) is 0.221. The Labute approximate surface area is 100 Å². The van der Waals surface area contributed by atoms with E-state index in [0.717, 1.165) is 5.92 Å². The molecular formula is C14H27NO. The van der Waals surface area contributed by atoms with E-state index in [4.69, 9.17) is 4.74 Å². The minimum Gasteiger partial charge on any atom is -0.369 e. The van der Waals surface area contributed by atoms with E-state index in [1.807, 2.05) is 0 Å². The Hall–Kier alpha value is -0.0800. The van der Waals surface area contributed by atoms with Crippen molar-refractivity contribution in [3.63, 3.8) is 0 Å². The van der Waals surface area contributed by atoms with Crippen molar-refractivity contribution in [3.05, 3.63) is 0 Å². The van der Waals surface area contributed by atoms with Gasteiger partial charge in [-0.2, -0.15) is 0 Å². The predicted molar refractivity (Wildman–Crippen MR) is 67.6 cm³/mol. The van der Waals surface area contributed by atoms with E-state index in [2.05, 4.69) is 39.5 Å². The fraction of sp³-hybridized carbons (Fsp3) is 1.00. The van der Waals surface area contributed by atoms with E-state index in [9.17, 15) is 0 Å². The van der Waals surface area contributed by atoms with Crippen LogP contribution in [-0.4, -0.2) is 35.2 Å². The first kappa shape index (κ1) is 12.4. The standard InChI is InChI=1S/C14H27NO/c1-11(2)15-9-8-14(5)12(10-15)6-7-13(3,4)16-14/h11-12H,6-10H2,1-5H3/t12-,14+/m0/s1. The zero-order valence-electron chi connectivity index (χ0n) is 11.5. The Bertz CT molecular complexity index is 261. The minimum atomic E-state index is 0.0885. The van der Waals surface area contributed by atoms with E-state index in [-0.39, 0.29) is 11.2 Å². The van der Waals surface area contributed by atoms with Crippen LogP contribution >= 0.6 is 0 Å². The highest BCUT2D eigenvalue weighted by Crippen LogP contribution is 2.44. The quantitative estimate of drug-likeness (QED) is 0.680. The fourth-order valence-corrected chi connectivity index (χ4v) is 3.34. The van der Waals surface area contributed by atoms with Crippen molar-refractivity contribution >= 4 is 0 Å². The minimum absolute atomic E-state index is 0.0885.